The van der Waals surface area contributed by atoms with Crippen molar-refractivity contribution in [2.24, 2.45) is 0 Å². The van der Waals surface area contributed by atoms with E-state index >= 15 is 0 Å². The minimum absolute atomic E-state index is 0.0169. The molecule has 148 valence electrons. The molecule has 0 aromatic heterocycles. The molecule has 0 spiro atoms. The van der Waals surface area contributed by atoms with E-state index < -0.39 is 22.8 Å². The normalized spacial score (nSPS) is 17.3. The Hall–Kier alpha value is -2.72. The largest absolute Gasteiger partial charge is 0.494 e. The van der Waals surface area contributed by atoms with Gasteiger partial charge >= 0.3 is 5.97 Å². The van der Waals surface area contributed by atoms with Crippen molar-refractivity contribution in [3.8, 4) is 5.75 Å². The van der Waals surface area contributed by atoms with Gasteiger partial charge in [0.1, 0.15) is 17.5 Å². The lowest BCUT2D eigenvalue weighted by molar-refractivity contribution is -0.384. The fourth-order valence-corrected chi connectivity index (χ4v) is 2.74. The van der Waals surface area contributed by atoms with E-state index in [1.165, 1.54) is 18.2 Å². The highest BCUT2D eigenvalue weighted by Gasteiger charge is 2.25. The first-order chi connectivity index (χ1) is 12.9. The molecular weight excluding hydrogens is 358 g/mol. The second-order valence-corrected chi connectivity index (χ2v) is 6.06. The number of nitrogens with one attached hydrogen (secondary N) is 2. The number of ether oxygens (including phenoxy) is 2. The van der Waals surface area contributed by atoms with Crippen LogP contribution in [0.4, 0.5) is 11.4 Å². The summed E-state index contributed by atoms with van der Waals surface area (Å²) in [5, 5.41) is 25.7. The van der Waals surface area contributed by atoms with Crippen LogP contribution >= 0.6 is 0 Å². The zero-order chi connectivity index (χ0) is 19.8. The highest BCUT2D eigenvalue weighted by atomic mass is 16.6. The third-order valence-corrected chi connectivity index (χ3v) is 4.05. The number of hydrogen-bond donors (Lipinski definition) is 3. The Morgan fingerprint density at radius 1 is 1.48 bits per heavy atom. The Balaban J connectivity index is 1.99. The van der Waals surface area contributed by atoms with Gasteiger partial charge in [-0.15, -0.1) is 0 Å². The van der Waals surface area contributed by atoms with Crippen molar-refractivity contribution < 1.29 is 29.1 Å². The number of amides is 1. The van der Waals surface area contributed by atoms with Gasteiger partial charge in [-0.2, -0.15) is 0 Å². The number of rotatable bonds is 10. The van der Waals surface area contributed by atoms with Gasteiger partial charge in [-0.25, -0.2) is 0 Å². The van der Waals surface area contributed by atoms with Gasteiger partial charge in [0.2, 0.25) is 5.91 Å². The summed E-state index contributed by atoms with van der Waals surface area (Å²) in [4.78, 5) is 34.2. The Kier molecular flexibility index (Phi) is 7.50. The Labute approximate surface area is 156 Å². The SMILES string of the molecule is CCOc1ccc(NC(=O)C[C@H](NC[C@@H]2CCCO2)C(=O)O)c([N+](=O)[O-])c1. The molecule has 27 heavy (non-hydrogen) atoms. The molecule has 10 nitrogen and oxygen atoms in total. The molecule has 10 heteroatoms. The maximum absolute atomic E-state index is 12.2. The van der Waals surface area contributed by atoms with E-state index in [2.05, 4.69) is 10.6 Å². The smallest absolute Gasteiger partial charge is 0.321 e. The van der Waals surface area contributed by atoms with E-state index in [9.17, 15) is 24.8 Å². The van der Waals surface area contributed by atoms with Gasteiger partial charge in [0.15, 0.2) is 0 Å². The minimum Gasteiger partial charge on any atom is -0.494 e. The highest BCUT2D eigenvalue weighted by molar-refractivity contribution is 5.95. The number of hydrogen-bond acceptors (Lipinski definition) is 7. The maximum Gasteiger partial charge on any atom is 0.321 e. The van der Waals surface area contributed by atoms with E-state index in [0.29, 0.717) is 25.5 Å². The van der Waals surface area contributed by atoms with Crippen LogP contribution in [0, 0.1) is 10.1 Å². The van der Waals surface area contributed by atoms with Crippen LogP contribution in [0.5, 0.6) is 5.75 Å². The molecule has 3 N–H and O–H groups in total. The minimum atomic E-state index is -1.18. The van der Waals surface area contributed by atoms with Crippen LogP contribution in [-0.2, 0) is 14.3 Å². The summed E-state index contributed by atoms with van der Waals surface area (Å²) in [5.41, 5.74) is -0.342. The molecule has 1 aromatic carbocycles. The van der Waals surface area contributed by atoms with Crippen molar-refractivity contribution in [2.75, 3.05) is 25.1 Å². The second kappa shape index (κ2) is 9.83. The summed E-state index contributed by atoms with van der Waals surface area (Å²) in [5.74, 6) is -1.51. The van der Waals surface area contributed by atoms with Gasteiger partial charge in [0.25, 0.3) is 5.69 Å². The average Bonchev–Trinajstić information content (AvgIpc) is 3.13. The molecular formula is C17H23N3O7. The van der Waals surface area contributed by atoms with Gasteiger partial charge in [-0.3, -0.25) is 19.7 Å². The number of anilines is 1. The number of nitrogens with zero attached hydrogens (tertiary/aromatic N) is 1. The van der Waals surface area contributed by atoms with E-state index in [4.69, 9.17) is 9.47 Å². The Morgan fingerprint density at radius 3 is 2.85 bits per heavy atom. The lowest BCUT2D eigenvalue weighted by atomic mass is 10.1. The molecule has 0 aliphatic carbocycles. The number of benzene rings is 1. The number of carbonyl (C=O) groups excluding carboxylic acids is 1. The van der Waals surface area contributed by atoms with Crippen LogP contribution < -0.4 is 15.4 Å². The number of carboxylic acid groups (broad SMARTS) is 1. The molecule has 0 saturated carbocycles. The fourth-order valence-electron chi connectivity index (χ4n) is 2.74. The fraction of sp³-hybridized carbons (Fsp3) is 0.529. The first-order valence-electron chi connectivity index (χ1n) is 8.69. The molecule has 1 fully saturated rings. The van der Waals surface area contributed by atoms with Gasteiger partial charge in [-0.05, 0) is 31.9 Å². The Morgan fingerprint density at radius 2 is 2.26 bits per heavy atom. The first kappa shape index (κ1) is 20.6. The summed E-state index contributed by atoms with van der Waals surface area (Å²) in [7, 11) is 0. The van der Waals surface area contributed by atoms with E-state index in [1.54, 1.807) is 6.92 Å². The number of nitro benzene ring substituents is 1. The quantitative estimate of drug-likeness (QED) is 0.409. The number of nitro groups is 1. The molecule has 1 aromatic rings. The third kappa shape index (κ3) is 6.19. The zero-order valence-corrected chi connectivity index (χ0v) is 15.0. The predicted octanol–water partition coefficient (Wildman–Crippen LogP) is 1.54. The van der Waals surface area contributed by atoms with Gasteiger partial charge in [-0.1, -0.05) is 0 Å². The lowest BCUT2D eigenvalue weighted by Gasteiger charge is -2.17. The second-order valence-electron chi connectivity index (χ2n) is 6.06. The predicted molar refractivity (Wildman–Crippen MR) is 95.9 cm³/mol. The molecule has 1 saturated heterocycles. The van der Waals surface area contributed by atoms with Crippen molar-refractivity contribution in [3.63, 3.8) is 0 Å². The molecule has 1 amide bonds. The summed E-state index contributed by atoms with van der Waals surface area (Å²) < 4.78 is 10.6. The van der Waals surface area contributed by atoms with Crippen LogP contribution in [-0.4, -0.2) is 53.8 Å². The highest BCUT2D eigenvalue weighted by Crippen LogP contribution is 2.29. The monoisotopic (exact) mass is 381 g/mol. The number of carboxylic acids is 1. The first-order valence-corrected chi connectivity index (χ1v) is 8.69. The molecule has 2 rings (SSSR count). The third-order valence-electron chi connectivity index (χ3n) is 4.05. The van der Waals surface area contributed by atoms with Crippen LogP contribution in [0.3, 0.4) is 0 Å². The van der Waals surface area contributed by atoms with Crippen LogP contribution in [0.15, 0.2) is 18.2 Å². The zero-order valence-electron chi connectivity index (χ0n) is 15.0. The van der Waals surface area contributed by atoms with Crippen molar-refractivity contribution >= 4 is 23.3 Å². The molecule has 0 radical (unpaired) electrons. The van der Waals surface area contributed by atoms with Crippen LogP contribution in [0.1, 0.15) is 26.2 Å². The molecule has 2 atom stereocenters. The number of carbonyl (C=O) groups is 2. The standard InChI is InChI=1S/C17H23N3O7/c1-2-26-11-5-6-13(15(8-11)20(24)25)19-16(21)9-14(17(22)23)18-10-12-4-3-7-27-12/h5-6,8,12,14,18H,2-4,7,9-10H2,1H3,(H,19,21)(H,22,23)/t12-,14-/m0/s1. The molecule has 0 unspecified atom stereocenters. The lowest BCUT2D eigenvalue weighted by Crippen LogP contribution is -2.43. The van der Waals surface area contributed by atoms with Crippen LogP contribution in [0.25, 0.3) is 0 Å². The summed E-state index contributed by atoms with van der Waals surface area (Å²) >= 11 is 0. The average molecular weight is 381 g/mol. The van der Waals surface area contributed by atoms with Gasteiger partial charge in [0, 0.05) is 13.2 Å². The Bertz CT molecular complexity index is 689. The molecule has 1 aliphatic heterocycles. The molecule has 1 heterocycles. The molecule has 0 bridgehead atoms. The summed E-state index contributed by atoms with van der Waals surface area (Å²) in [6.45, 7) is 3.07. The summed E-state index contributed by atoms with van der Waals surface area (Å²) in [6, 6.07) is 2.95. The summed E-state index contributed by atoms with van der Waals surface area (Å²) in [6.07, 6.45) is 1.32. The maximum atomic E-state index is 12.2. The van der Waals surface area contributed by atoms with Gasteiger partial charge < -0.3 is 25.2 Å². The van der Waals surface area contributed by atoms with Crippen molar-refractivity contribution in [1.82, 2.24) is 5.32 Å². The van der Waals surface area contributed by atoms with Crippen molar-refractivity contribution in [2.45, 2.75) is 38.3 Å². The van der Waals surface area contributed by atoms with Gasteiger partial charge in [0.05, 0.1) is 30.1 Å². The topological polar surface area (TPSA) is 140 Å². The molecule has 1 aliphatic rings. The van der Waals surface area contributed by atoms with E-state index in [0.717, 1.165) is 12.8 Å². The van der Waals surface area contributed by atoms with E-state index in [1.807, 2.05) is 0 Å². The van der Waals surface area contributed by atoms with Crippen molar-refractivity contribution in [3.05, 3.63) is 28.3 Å². The number of aliphatic carboxylic acids is 1. The van der Waals surface area contributed by atoms with Crippen LogP contribution in [0.2, 0.25) is 0 Å². The van der Waals surface area contributed by atoms with E-state index in [-0.39, 0.29) is 23.9 Å². The van der Waals surface area contributed by atoms with Crippen molar-refractivity contribution in [1.29, 1.82) is 0 Å².